The Labute approximate surface area is 100 Å². The van der Waals surface area contributed by atoms with Crippen LogP contribution in [0.3, 0.4) is 0 Å². The van der Waals surface area contributed by atoms with Crippen molar-refractivity contribution >= 4 is 5.91 Å². The molecule has 2 heterocycles. The van der Waals surface area contributed by atoms with Gasteiger partial charge in [0.15, 0.2) is 0 Å². The summed E-state index contributed by atoms with van der Waals surface area (Å²) >= 11 is 0. The number of nitrogens with zero attached hydrogens (tertiary/aromatic N) is 2. The second-order valence-corrected chi connectivity index (χ2v) is 4.40. The Hall–Kier alpha value is -1.46. The Balaban J connectivity index is 1.92. The van der Waals surface area contributed by atoms with Crippen LogP contribution in [0.1, 0.15) is 12.0 Å². The van der Waals surface area contributed by atoms with E-state index in [1.165, 1.54) is 0 Å². The predicted octanol–water partition coefficient (Wildman–Crippen LogP) is -0.237. The van der Waals surface area contributed by atoms with Gasteiger partial charge in [-0.05, 0) is 24.1 Å². The number of nitrogens with one attached hydrogen (secondary N) is 1. The van der Waals surface area contributed by atoms with E-state index in [2.05, 4.69) is 10.3 Å². The number of aromatic nitrogens is 1. The summed E-state index contributed by atoms with van der Waals surface area (Å²) in [5, 5.41) is 12.4. The molecule has 0 bridgehead atoms. The van der Waals surface area contributed by atoms with Crippen molar-refractivity contribution in [3.05, 3.63) is 30.1 Å². The third kappa shape index (κ3) is 3.01. The molecular formula is C12H17N3O2. The number of carbonyl (C=O) groups is 1. The number of hydrogen-bond donors (Lipinski definition) is 2. The van der Waals surface area contributed by atoms with Crippen LogP contribution in [0.25, 0.3) is 0 Å². The molecule has 1 amide bonds. The number of aliphatic hydroxyl groups excluding tert-OH is 1. The predicted molar refractivity (Wildman–Crippen MR) is 63.1 cm³/mol. The van der Waals surface area contributed by atoms with E-state index in [-0.39, 0.29) is 11.9 Å². The number of hydrogen-bond acceptors (Lipinski definition) is 4. The maximum atomic E-state index is 12.0. The van der Waals surface area contributed by atoms with Crippen molar-refractivity contribution in [1.82, 2.24) is 15.2 Å². The molecule has 0 aliphatic carbocycles. The second-order valence-electron chi connectivity index (χ2n) is 4.40. The van der Waals surface area contributed by atoms with Gasteiger partial charge in [-0.1, -0.05) is 0 Å². The highest BCUT2D eigenvalue weighted by atomic mass is 16.3. The number of carbonyl (C=O) groups excluding carboxylic acids is 1. The summed E-state index contributed by atoms with van der Waals surface area (Å²) in [7, 11) is 1.77. The first-order chi connectivity index (χ1) is 8.16. The van der Waals surface area contributed by atoms with Gasteiger partial charge < -0.3 is 15.3 Å². The molecule has 0 spiro atoms. The quantitative estimate of drug-likeness (QED) is 0.759. The highest BCUT2D eigenvalue weighted by Gasteiger charge is 2.29. The molecule has 1 aromatic heterocycles. The van der Waals surface area contributed by atoms with Crippen molar-refractivity contribution in [3.63, 3.8) is 0 Å². The van der Waals surface area contributed by atoms with Crippen LogP contribution in [-0.4, -0.2) is 46.6 Å². The van der Waals surface area contributed by atoms with Crippen molar-refractivity contribution in [3.8, 4) is 0 Å². The van der Waals surface area contributed by atoms with Gasteiger partial charge in [0.1, 0.15) is 0 Å². The molecule has 92 valence electrons. The Bertz CT molecular complexity index is 383. The first-order valence-corrected chi connectivity index (χ1v) is 5.72. The first kappa shape index (κ1) is 12.0. The minimum absolute atomic E-state index is 0.0263. The van der Waals surface area contributed by atoms with Gasteiger partial charge in [-0.15, -0.1) is 0 Å². The number of β-amino-alcohol motifs (C(OH)–C–C–N with tert-alkyl or cyclic N) is 1. The molecule has 0 saturated carbocycles. The molecule has 0 radical (unpaired) electrons. The van der Waals surface area contributed by atoms with E-state index < -0.39 is 6.10 Å². The van der Waals surface area contributed by atoms with Crippen molar-refractivity contribution in [2.75, 3.05) is 13.6 Å². The molecule has 1 aliphatic rings. The summed E-state index contributed by atoms with van der Waals surface area (Å²) in [6.07, 6.45) is 3.52. The topological polar surface area (TPSA) is 65.5 Å². The number of pyridine rings is 1. The molecule has 1 aliphatic heterocycles. The molecular weight excluding hydrogens is 218 g/mol. The summed E-state index contributed by atoms with van der Waals surface area (Å²) < 4.78 is 0. The minimum atomic E-state index is -0.404. The highest BCUT2D eigenvalue weighted by molar-refractivity contribution is 5.82. The van der Waals surface area contributed by atoms with Crippen molar-refractivity contribution < 1.29 is 9.90 Å². The smallest absolute Gasteiger partial charge is 0.239 e. The molecule has 2 unspecified atom stereocenters. The lowest BCUT2D eigenvalue weighted by atomic mass is 10.1. The van der Waals surface area contributed by atoms with Crippen LogP contribution in [0.15, 0.2) is 24.5 Å². The van der Waals surface area contributed by atoms with Gasteiger partial charge in [-0.25, -0.2) is 0 Å². The Morgan fingerprint density at radius 1 is 1.59 bits per heavy atom. The highest BCUT2D eigenvalue weighted by Crippen LogP contribution is 2.10. The number of rotatable bonds is 3. The van der Waals surface area contributed by atoms with Crippen LogP contribution >= 0.6 is 0 Å². The van der Waals surface area contributed by atoms with E-state index in [1.54, 1.807) is 24.3 Å². The SMILES string of the molecule is CN(Cc1ccncc1)C(=O)C1CC(O)CN1. The lowest BCUT2D eigenvalue weighted by Crippen LogP contribution is -2.41. The van der Waals surface area contributed by atoms with E-state index in [4.69, 9.17) is 0 Å². The second kappa shape index (κ2) is 5.25. The number of aliphatic hydroxyl groups is 1. The molecule has 1 saturated heterocycles. The molecule has 2 rings (SSSR count). The zero-order chi connectivity index (χ0) is 12.3. The van der Waals surface area contributed by atoms with Gasteiger partial charge in [0.25, 0.3) is 0 Å². The van der Waals surface area contributed by atoms with Crippen LogP contribution in [0.5, 0.6) is 0 Å². The van der Waals surface area contributed by atoms with Gasteiger partial charge in [-0.3, -0.25) is 9.78 Å². The maximum absolute atomic E-state index is 12.0. The minimum Gasteiger partial charge on any atom is -0.392 e. The van der Waals surface area contributed by atoms with E-state index in [0.717, 1.165) is 5.56 Å². The lowest BCUT2D eigenvalue weighted by molar-refractivity contribution is -0.132. The van der Waals surface area contributed by atoms with E-state index in [0.29, 0.717) is 19.5 Å². The van der Waals surface area contributed by atoms with Crippen molar-refractivity contribution in [2.24, 2.45) is 0 Å². The fourth-order valence-electron chi connectivity index (χ4n) is 2.01. The summed E-state index contributed by atoms with van der Waals surface area (Å²) in [6, 6.07) is 3.53. The summed E-state index contributed by atoms with van der Waals surface area (Å²) in [6.45, 7) is 1.06. The monoisotopic (exact) mass is 235 g/mol. The zero-order valence-electron chi connectivity index (χ0n) is 9.84. The molecule has 1 fully saturated rings. The molecule has 1 aromatic rings. The third-order valence-electron chi connectivity index (χ3n) is 2.95. The average Bonchev–Trinajstić information content (AvgIpc) is 2.76. The Morgan fingerprint density at radius 2 is 2.29 bits per heavy atom. The molecule has 5 heteroatoms. The Morgan fingerprint density at radius 3 is 2.88 bits per heavy atom. The first-order valence-electron chi connectivity index (χ1n) is 5.72. The zero-order valence-corrected chi connectivity index (χ0v) is 9.84. The van der Waals surface area contributed by atoms with Crippen LogP contribution in [0.4, 0.5) is 0 Å². The molecule has 5 nitrogen and oxygen atoms in total. The Kier molecular flexibility index (Phi) is 3.71. The largest absolute Gasteiger partial charge is 0.392 e. The van der Waals surface area contributed by atoms with Gasteiger partial charge in [-0.2, -0.15) is 0 Å². The van der Waals surface area contributed by atoms with Gasteiger partial charge in [0, 0.05) is 32.5 Å². The van der Waals surface area contributed by atoms with E-state index in [1.807, 2.05) is 12.1 Å². The normalized spacial score (nSPS) is 23.6. The fourth-order valence-corrected chi connectivity index (χ4v) is 2.01. The van der Waals surface area contributed by atoms with Crippen molar-refractivity contribution in [1.29, 1.82) is 0 Å². The molecule has 2 atom stereocenters. The van der Waals surface area contributed by atoms with Crippen LogP contribution < -0.4 is 5.32 Å². The van der Waals surface area contributed by atoms with Gasteiger partial charge in [0.05, 0.1) is 12.1 Å². The average molecular weight is 235 g/mol. The molecule has 2 N–H and O–H groups in total. The van der Waals surface area contributed by atoms with Gasteiger partial charge >= 0.3 is 0 Å². The summed E-state index contributed by atoms with van der Waals surface area (Å²) in [5.74, 6) is 0.0263. The van der Waals surface area contributed by atoms with Crippen LogP contribution in [-0.2, 0) is 11.3 Å². The summed E-state index contributed by atoms with van der Waals surface area (Å²) in [5.41, 5.74) is 1.05. The van der Waals surface area contributed by atoms with E-state index >= 15 is 0 Å². The molecule has 0 aromatic carbocycles. The number of likely N-dealkylation sites (N-methyl/N-ethyl adjacent to an activating group) is 1. The lowest BCUT2D eigenvalue weighted by Gasteiger charge is -2.21. The van der Waals surface area contributed by atoms with Crippen molar-refractivity contribution in [2.45, 2.75) is 25.1 Å². The fraction of sp³-hybridized carbons (Fsp3) is 0.500. The standard InChI is InChI=1S/C12H17N3O2/c1-15(8-9-2-4-13-5-3-9)12(17)11-6-10(16)7-14-11/h2-5,10-11,14,16H,6-8H2,1H3. The van der Waals surface area contributed by atoms with Crippen LogP contribution in [0, 0.1) is 0 Å². The van der Waals surface area contributed by atoms with Crippen LogP contribution in [0.2, 0.25) is 0 Å². The molecule has 17 heavy (non-hydrogen) atoms. The maximum Gasteiger partial charge on any atom is 0.239 e. The van der Waals surface area contributed by atoms with E-state index in [9.17, 15) is 9.90 Å². The third-order valence-corrected chi connectivity index (χ3v) is 2.95. The number of amides is 1. The summed E-state index contributed by atoms with van der Waals surface area (Å²) in [4.78, 5) is 17.6. The van der Waals surface area contributed by atoms with Gasteiger partial charge in [0.2, 0.25) is 5.91 Å².